The molecular weight excluding hydrogens is 204 g/mol. The number of hydrogen-bond acceptors (Lipinski definition) is 5. The molecule has 1 atom stereocenters. The third kappa shape index (κ3) is 2.16. The zero-order chi connectivity index (χ0) is 11.5. The molecule has 0 amide bonds. The van der Waals surface area contributed by atoms with Crippen LogP contribution in [0.25, 0.3) is 0 Å². The third-order valence-corrected chi connectivity index (χ3v) is 2.27. The summed E-state index contributed by atoms with van der Waals surface area (Å²) >= 11 is 0. The summed E-state index contributed by atoms with van der Waals surface area (Å²) in [6.07, 6.45) is 3.41. The molecule has 0 radical (unpaired) electrons. The van der Waals surface area contributed by atoms with Crippen LogP contribution in [0.1, 0.15) is 24.6 Å². The summed E-state index contributed by atoms with van der Waals surface area (Å²) in [5, 5.41) is 11.1. The highest BCUT2D eigenvalue weighted by Crippen LogP contribution is 2.14. The number of nitrogens with zero attached hydrogens (tertiary/aromatic N) is 5. The van der Waals surface area contributed by atoms with Crippen molar-refractivity contribution in [1.29, 1.82) is 0 Å². The first kappa shape index (κ1) is 10.5. The van der Waals surface area contributed by atoms with E-state index >= 15 is 0 Å². The molecule has 0 saturated carbocycles. The zero-order valence-corrected chi connectivity index (χ0v) is 9.55. The van der Waals surface area contributed by atoms with E-state index in [2.05, 4.69) is 25.5 Å². The molecule has 16 heavy (non-hydrogen) atoms. The van der Waals surface area contributed by atoms with Gasteiger partial charge in [-0.2, -0.15) is 0 Å². The number of aryl methyl sites for hydroxylation is 2. The van der Waals surface area contributed by atoms with Crippen LogP contribution in [0, 0.1) is 6.92 Å². The lowest BCUT2D eigenvalue weighted by Gasteiger charge is -2.13. The summed E-state index contributed by atoms with van der Waals surface area (Å²) in [6.45, 7) is 3.87. The molecule has 6 nitrogen and oxygen atoms in total. The number of nitrogens with one attached hydrogen (secondary N) is 1. The molecule has 1 unspecified atom stereocenters. The normalized spacial score (nSPS) is 12.4. The minimum Gasteiger partial charge on any atom is -0.360 e. The Morgan fingerprint density at radius 2 is 2.25 bits per heavy atom. The molecular formula is C10H14N6. The van der Waals surface area contributed by atoms with Gasteiger partial charge in [0.15, 0.2) is 5.82 Å². The highest BCUT2D eigenvalue weighted by Gasteiger charge is 2.11. The maximum Gasteiger partial charge on any atom is 0.154 e. The van der Waals surface area contributed by atoms with Crippen LogP contribution in [0.4, 0.5) is 5.82 Å². The first-order valence-corrected chi connectivity index (χ1v) is 5.07. The van der Waals surface area contributed by atoms with Crippen LogP contribution < -0.4 is 5.32 Å². The van der Waals surface area contributed by atoms with E-state index in [0.29, 0.717) is 0 Å². The molecule has 6 heteroatoms. The quantitative estimate of drug-likeness (QED) is 0.835. The standard InChI is InChI=1S/C10H14N6/c1-7(10-15-12-6-16(10)3)13-9-4-5-11-8(2)14-9/h4-7H,1-3H3,(H,11,13,14). The van der Waals surface area contributed by atoms with Crippen LogP contribution in [0.5, 0.6) is 0 Å². The van der Waals surface area contributed by atoms with Crippen molar-refractivity contribution in [2.45, 2.75) is 19.9 Å². The van der Waals surface area contributed by atoms with Gasteiger partial charge in [0.05, 0.1) is 6.04 Å². The van der Waals surface area contributed by atoms with Gasteiger partial charge in [0.1, 0.15) is 18.0 Å². The molecule has 0 aliphatic carbocycles. The second kappa shape index (κ2) is 4.26. The molecule has 0 aliphatic rings. The van der Waals surface area contributed by atoms with Gasteiger partial charge in [-0.25, -0.2) is 9.97 Å². The predicted octanol–water partition coefficient (Wildman–Crippen LogP) is 1.09. The third-order valence-electron chi connectivity index (χ3n) is 2.27. The lowest BCUT2D eigenvalue weighted by Crippen LogP contribution is -2.13. The zero-order valence-electron chi connectivity index (χ0n) is 9.55. The summed E-state index contributed by atoms with van der Waals surface area (Å²) in [6, 6.07) is 1.89. The molecule has 2 aromatic heterocycles. The highest BCUT2D eigenvalue weighted by molar-refractivity contribution is 5.34. The Hall–Kier alpha value is -1.98. The van der Waals surface area contributed by atoms with Gasteiger partial charge in [0.2, 0.25) is 0 Å². The Morgan fingerprint density at radius 1 is 1.44 bits per heavy atom. The predicted molar refractivity (Wildman–Crippen MR) is 59.8 cm³/mol. The molecule has 0 fully saturated rings. The van der Waals surface area contributed by atoms with Gasteiger partial charge < -0.3 is 9.88 Å². The molecule has 2 heterocycles. The van der Waals surface area contributed by atoms with Gasteiger partial charge >= 0.3 is 0 Å². The van der Waals surface area contributed by atoms with Crippen molar-refractivity contribution in [3.8, 4) is 0 Å². The Morgan fingerprint density at radius 3 is 2.88 bits per heavy atom. The second-order valence-electron chi connectivity index (χ2n) is 3.66. The lowest BCUT2D eigenvalue weighted by atomic mass is 10.3. The highest BCUT2D eigenvalue weighted by atomic mass is 15.3. The van der Waals surface area contributed by atoms with Gasteiger partial charge in [0, 0.05) is 13.2 Å². The number of rotatable bonds is 3. The van der Waals surface area contributed by atoms with E-state index in [1.54, 1.807) is 12.5 Å². The number of hydrogen-bond donors (Lipinski definition) is 1. The van der Waals surface area contributed by atoms with Crippen LogP contribution in [-0.4, -0.2) is 24.7 Å². The van der Waals surface area contributed by atoms with E-state index in [1.165, 1.54) is 0 Å². The van der Waals surface area contributed by atoms with E-state index in [9.17, 15) is 0 Å². The van der Waals surface area contributed by atoms with Crippen LogP contribution in [0.3, 0.4) is 0 Å². The van der Waals surface area contributed by atoms with Crippen molar-refractivity contribution in [2.75, 3.05) is 5.32 Å². The maximum absolute atomic E-state index is 4.27. The fourth-order valence-corrected chi connectivity index (χ4v) is 1.51. The smallest absolute Gasteiger partial charge is 0.154 e. The molecule has 2 aromatic rings. The molecule has 1 N–H and O–H groups in total. The van der Waals surface area contributed by atoms with Gasteiger partial charge in [0.25, 0.3) is 0 Å². The van der Waals surface area contributed by atoms with E-state index in [4.69, 9.17) is 0 Å². The van der Waals surface area contributed by atoms with Crippen molar-refractivity contribution in [3.05, 3.63) is 30.2 Å². The van der Waals surface area contributed by atoms with Gasteiger partial charge in [-0.3, -0.25) is 0 Å². The SMILES string of the molecule is Cc1nccc(NC(C)c2nncn2C)n1. The Kier molecular flexibility index (Phi) is 2.80. The average Bonchev–Trinajstić information content (AvgIpc) is 2.64. The van der Waals surface area contributed by atoms with E-state index < -0.39 is 0 Å². The molecule has 0 bridgehead atoms. The summed E-state index contributed by atoms with van der Waals surface area (Å²) in [5.41, 5.74) is 0. The van der Waals surface area contributed by atoms with Crippen molar-refractivity contribution in [1.82, 2.24) is 24.7 Å². The molecule has 0 aromatic carbocycles. The van der Waals surface area contributed by atoms with Crippen LogP contribution >= 0.6 is 0 Å². The summed E-state index contributed by atoms with van der Waals surface area (Å²) in [4.78, 5) is 8.32. The topological polar surface area (TPSA) is 68.5 Å². The maximum atomic E-state index is 4.27. The van der Waals surface area contributed by atoms with E-state index in [0.717, 1.165) is 17.5 Å². The number of aromatic nitrogens is 5. The molecule has 2 rings (SSSR count). The minimum absolute atomic E-state index is 0.0572. The van der Waals surface area contributed by atoms with Gasteiger partial charge in [-0.15, -0.1) is 10.2 Å². The van der Waals surface area contributed by atoms with Crippen LogP contribution in [-0.2, 0) is 7.05 Å². The average molecular weight is 218 g/mol. The summed E-state index contributed by atoms with van der Waals surface area (Å²) < 4.78 is 1.88. The van der Waals surface area contributed by atoms with Gasteiger partial charge in [-0.1, -0.05) is 0 Å². The Balaban J connectivity index is 2.14. The molecule has 0 saturated heterocycles. The number of anilines is 1. The van der Waals surface area contributed by atoms with Crippen LogP contribution in [0.2, 0.25) is 0 Å². The Bertz CT molecular complexity index is 478. The van der Waals surface area contributed by atoms with Crippen LogP contribution in [0.15, 0.2) is 18.6 Å². The fourth-order valence-electron chi connectivity index (χ4n) is 1.51. The summed E-state index contributed by atoms with van der Waals surface area (Å²) in [7, 11) is 1.92. The van der Waals surface area contributed by atoms with Crippen molar-refractivity contribution >= 4 is 5.82 Å². The Labute approximate surface area is 93.8 Å². The van der Waals surface area contributed by atoms with Crippen molar-refractivity contribution < 1.29 is 0 Å². The van der Waals surface area contributed by atoms with Crippen molar-refractivity contribution in [3.63, 3.8) is 0 Å². The minimum atomic E-state index is 0.0572. The molecule has 0 aliphatic heterocycles. The largest absolute Gasteiger partial charge is 0.360 e. The van der Waals surface area contributed by atoms with Crippen molar-refractivity contribution in [2.24, 2.45) is 7.05 Å². The fraction of sp³-hybridized carbons (Fsp3) is 0.400. The second-order valence-corrected chi connectivity index (χ2v) is 3.66. The monoisotopic (exact) mass is 218 g/mol. The van der Waals surface area contributed by atoms with Gasteiger partial charge in [-0.05, 0) is 19.9 Å². The van der Waals surface area contributed by atoms with E-state index in [-0.39, 0.29) is 6.04 Å². The first-order valence-electron chi connectivity index (χ1n) is 5.07. The van der Waals surface area contributed by atoms with E-state index in [1.807, 2.05) is 31.5 Å². The molecule has 84 valence electrons. The lowest BCUT2D eigenvalue weighted by molar-refractivity contribution is 0.715. The summed E-state index contributed by atoms with van der Waals surface area (Å²) in [5.74, 6) is 2.41. The first-order chi connectivity index (χ1) is 7.66. The molecule has 0 spiro atoms.